The van der Waals surface area contributed by atoms with Crippen LogP contribution in [0.1, 0.15) is 70.7 Å². The average Bonchev–Trinajstić information content (AvgIpc) is 1.58. The quantitative estimate of drug-likeness (QED) is 0.0487. The number of fused-ring (bicyclic) bond motifs is 1. The van der Waals surface area contributed by atoms with Gasteiger partial charge in [0.2, 0.25) is 2.86 Å². The predicted molar refractivity (Wildman–Crippen MR) is 315 cm³/mol. The van der Waals surface area contributed by atoms with Crippen LogP contribution >= 0.6 is 0 Å². The molecular formula is C69H76O19. The minimum Gasteiger partial charge on any atom is -0.493 e. The number of benzene rings is 6. The molecule has 5 aliphatic rings. The summed E-state index contributed by atoms with van der Waals surface area (Å²) < 4.78 is 118. The van der Waals surface area contributed by atoms with Crippen molar-refractivity contribution in [3.05, 3.63) is 228 Å². The number of carbonyl (C=O) groups excluding carboxylic acids is 2. The monoisotopic (exact) mass is 1210 g/mol. The van der Waals surface area contributed by atoms with Crippen LogP contribution in [0.25, 0.3) is 0 Å². The Hall–Kier alpha value is -6.76. The summed E-state index contributed by atoms with van der Waals surface area (Å²) in [6, 6.07) is 55.5. The van der Waals surface area contributed by atoms with E-state index in [2.05, 4.69) is 0 Å². The average molecular weight is 1210 g/mol. The Morgan fingerprint density at radius 2 is 0.818 bits per heavy atom. The minimum atomic E-state index is -1.46. The van der Waals surface area contributed by atoms with Crippen molar-refractivity contribution in [3.8, 4) is 0 Å². The molecule has 6 aromatic rings. The third-order valence-corrected chi connectivity index (χ3v) is 15.9. The zero-order valence-electron chi connectivity index (χ0n) is 51.4. The molecule has 4 fully saturated rings. The highest BCUT2D eigenvalue weighted by molar-refractivity contribution is 5.90. The lowest BCUT2D eigenvalue weighted by atomic mass is 9.96. The molecule has 0 radical (unpaired) electrons. The fourth-order valence-electron chi connectivity index (χ4n) is 11.6. The van der Waals surface area contributed by atoms with Crippen molar-refractivity contribution in [2.24, 2.45) is 0 Å². The molecule has 0 aliphatic carbocycles. The molecule has 0 spiro atoms. The lowest BCUT2D eigenvalue weighted by molar-refractivity contribution is -0.376. The largest absolute Gasteiger partial charge is 0.493 e. The summed E-state index contributed by atoms with van der Waals surface area (Å²) in [7, 11) is 0. The van der Waals surface area contributed by atoms with Gasteiger partial charge in [-0.3, -0.25) is 0 Å². The number of ether oxygens (including phenoxy) is 15. The maximum atomic E-state index is 14.0. The summed E-state index contributed by atoms with van der Waals surface area (Å²) in [5, 5.41) is 10.1. The van der Waals surface area contributed by atoms with Crippen LogP contribution < -0.4 is 0 Å². The molecule has 0 bridgehead atoms. The SMILES string of the molecule is [3H]OCC1OC=CC(O[C@@H]2OC(C)[C@@H](OC(=O)c3ccccc3)C(OCc3ccccc3)[C@H]2OCc2ccccc2)[C@@H]1O[C@@H]1OC(CO[3H])[C@@H]2OC(C)(C)O[C@@H]2C1OC1OC(C)[C@@H](OC(=O)c2ccccc2)C(OCc2ccccc2)[C@@H]1OCc1ccccc1. The first-order chi connectivity index (χ1) is 43.9. The molecular weight excluding hydrogens is 1130 g/mol. The molecule has 19 heteroatoms. The van der Waals surface area contributed by atoms with Crippen LogP contribution in [0.2, 0.25) is 0 Å². The topological polar surface area (TPSA) is 213 Å². The first-order valence-corrected chi connectivity index (χ1v) is 29.8. The van der Waals surface area contributed by atoms with Crippen LogP contribution in [0.15, 0.2) is 194 Å². The summed E-state index contributed by atoms with van der Waals surface area (Å²) in [6.07, 6.45) is -16.6. The molecule has 11 rings (SSSR count). The fraction of sp³-hybridized carbons (Fsp3) is 0.420. The Bertz CT molecular complexity index is 3180. The summed E-state index contributed by atoms with van der Waals surface area (Å²) in [6.45, 7) is 6.74. The van der Waals surface area contributed by atoms with E-state index < -0.39 is 128 Å². The van der Waals surface area contributed by atoms with Crippen molar-refractivity contribution in [2.45, 2.75) is 170 Å². The second-order valence-corrected chi connectivity index (χ2v) is 22.7. The number of hydrogen-bond donors (Lipinski definition) is 2. The molecule has 2 N–H and O–H groups in total. The van der Waals surface area contributed by atoms with Gasteiger partial charge >= 0.3 is 11.9 Å². The molecule has 88 heavy (non-hydrogen) atoms. The van der Waals surface area contributed by atoms with Crippen LogP contribution in [-0.2, 0) is 97.5 Å². The van der Waals surface area contributed by atoms with Gasteiger partial charge in [-0.2, -0.15) is 0 Å². The van der Waals surface area contributed by atoms with Gasteiger partial charge in [0, 0.05) is 0 Å². The number of hydrogen-bond acceptors (Lipinski definition) is 19. The highest BCUT2D eigenvalue weighted by Crippen LogP contribution is 2.43. The molecule has 0 aromatic heterocycles. The molecule has 0 amide bonds. The van der Waals surface area contributed by atoms with Crippen molar-refractivity contribution in [1.82, 2.24) is 0 Å². The highest BCUT2D eigenvalue weighted by Gasteiger charge is 2.60. The summed E-state index contributed by atoms with van der Waals surface area (Å²) >= 11 is 0. The van der Waals surface area contributed by atoms with Crippen molar-refractivity contribution < 1.29 is 90.9 Å². The Kier molecular flexibility index (Phi) is 20.3. The zero-order chi connectivity index (χ0) is 62.4. The van der Waals surface area contributed by atoms with Crippen molar-refractivity contribution in [3.63, 3.8) is 0 Å². The van der Waals surface area contributed by atoms with Gasteiger partial charge in [0.05, 0.1) is 69.2 Å². The maximum absolute atomic E-state index is 14.0. The predicted octanol–water partition coefficient (Wildman–Crippen LogP) is 8.57. The molecule has 9 unspecified atom stereocenters. The van der Waals surface area contributed by atoms with Gasteiger partial charge in [0.25, 0.3) is 0 Å². The van der Waals surface area contributed by atoms with E-state index in [9.17, 15) is 9.59 Å². The maximum Gasteiger partial charge on any atom is 0.338 e. The first-order valence-electron chi connectivity index (χ1n) is 30.6. The van der Waals surface area contributed by atoms with Gasteiger partial charge in [0.15, 0.2) is 36.9 Å². The number of aliphatic hydroxyl groups is 2. The van der Waals surface area contributed by atoms with Gasteiger partial charge in [-0.15, -0.1) is 0 Å². The van der Waals surface area contributed by atoms with Gasteiger partial charge < -0.3 is 81.3 Å². The number of aliphatic hydroxyl groups excluding tert-OH is 2. The number of rotatable bonds is 26. The fourth-order valence-corrected chi connectivity index (χ4v) is 11.6. The summed E-state index contributed by atoms with van der Waals surface area (Å²) in [5.74, 6) is -2.41. The van der Waals surface area contributed by atoms with Gasteiger partial charge in [-0.05, 0) is 80.3 Å². The van der Waals surface area contributed by atoms with E-state index in [1.807, 2.05) is 133 Å². The van der Waals surface area contributed by atoms with Crippen LogP contribution in [-0.4, -0.2) is 154 Å². The molecule has 6 aromatic carbocycles. The standard InChI is InChI=1S/C69H76O19/c1-43-54(83-64(72)49-31-19-9-20-32-49)58(75-39-45-23-11-5-12-24-45)61(77-41-47-27-15-7-16-28-47)66(79-43)81-51-35-36-74-52(37-70)56(51)85-68-63(60-57(53(38-71)82-68)87-69(3,4)88-60)86-67-62(78-42-48-29-17-8-18-30-48)59(76-40-46-25-13-6-14-26-46)55(44(2)80-67)84-65(73)50-33-21-10-22-34-50/h5-36,43-44,51-63,66-68,70-71H,37-42H2,1-4H3/t43?,44?,51?,52?,53?,54-,55-,56+,57+,58?,59?,60+,61-,62+,63?,66+,67?,68+/m1/s1/i70T,71T. The van der Waals surface area contributed by atoms with E-state index in [0.717, 1.165) is 22.3 Å². The smallest absolute Gasteiger partial charge is 0.338 e. The lowest BCUT2D eigenvalue weighted by Crippen LogP contribution is -2.65. The Morgan fingerprint density at radius 1 is 0.443 bits per heavy atom. The van der Waals surface area contributed by atoms with Crippen molar-refractivity contribution >= 4 is 11.9 Å². The van der Waals surface area contributed by atoms with E-state index in [-0.39, 0.29) is 39.6 Å². The van der Waals surface area contributed by atoms with Crippen LogP contribution in [0.4, 0.5) is 0 Å². The Labute approximate surface area is 515 Å². The van der Waals surface area contributed by atoms with Crippen molar-refractivity contribution in [2.75, 3.05) is 13.2 Å². The number of carbonyl (C=O) groups is 2. The number of esters is 2. The Balaban J connectivity index is 0.940. The molecule has 5 aliphatic heterocycles. The van der Waals surface area contributed by atoms with Gasteiger partial charge in [-0.25, -0.2) is 9.59 Å². The molecule has 19 nitrogen and oxygen atoms in total. The molecule has 466 valence electrons. The van der Waals surface area contributed by atoms with Crippen LogP contribution in [0.5, 0.6) is 0 Å². The van der Waals surface area contributed by atoms with E-state index in [0.29, 0.717) is 11.1 Å². The third-order valence-electron chi connectivity index (χ3n) is 15.9. The van der Waals surface area contributed by atoms with Crippen LogP contribution in [0.3, 0.4) is 0 Å². The van der Waals surface area contributed by atoms with E-state index in [1.165, 1.54) is 6.26 Å². The summed E-state index contributed by atoms with van der Waals surface area (Å²) in [4.78, 5) is 28.0. The minimum absolute atomic E-state index is 0.0577. The van der Waals surface area contributed by atoms with E-state index >= 15 is 0 Å². The molecule has 0 saturated carbocycles. The van der Waals surface area contributed by atoms with Crippen LogP contribution in [0, 0.1) is 0 Å². The lowest BCUT2D eigenvalue weighted by Gasteiger charge is -2.49. The second kappa shape index (κ2) is 29.7. The Morgan fingerprint density at radius 3 is 1.26 bits per heavy atom. The highest BCUT2D eigenvalue weighted by atomic mass is 16.8. The van der Waals surface area contributed by atoms with Gasteiger partial charge in [0.1, 0.15) is 67.1 Å². The normalized spacial score (nSPS) is 32.0. The van der Waals surface area contributed by atoms with E-state index in [1.54, 1.807) is 82.3 Å². The third kappa shape index (κ3) is 15.4. The second-order valence-electron chi connectivity index (χ2n) is 22.7. The van der Waals surface area contributed by atoms with Crippen molar-refractivity contribution in [1.29, 1.82) is 2.86 Å². The first kappa shape index (κ1) is 60.2. The summed E-state index contributed by atoms with van der Waals surface area (Å²) in [5.41, 5.74) is 4.02. The molecule has 4 saturated heterocycles. The van der Waals surface area contributed by atoms with Gasteiger partial charge in [-0.1, -0.05) is 158 Å². The molecule has 5 heterocycles. The molecule has 18 atom stereocenters. The van der Waals surface area contributed by atoms with E-state index in [4.69, 9.17) is 84.1 Å². The zero-order valence-corrected chi connectivity index (χ0v) is 49.4.